The minimum absolute atomic E-state index is 0.272. The fraction of sp³-hybridized carbons (Fsp3) is 0.316. The van der Waals surface area contributed by atoms with Gasteiger partial charge in [0.2, 0.25) is 0 Å². The van der Waals surface area contributed by atoms with E-state index >= 15 is 0 Å². The van der Waals surface area contributed by atoms with Gasteiger partial charge in [0.05, 0.1) is 21.4 Å². The van der Waals surface area contributed by atoms with Crippen LogP contribution in [-0.2, 0) is 16.9 Å². The van der Waals surface area contributed by atoms with E-state index < -0.39 is 5.60 Å². The lowest BCUT2D eigenvalue weighted by atomic mass is 10.1. The normalized spacial score (nSPS) is 17.3. The topological polar surface area (TPSA) is 47.3 Å². The minimum atomic E-state index is -1.10. The second-order valence-electron chi connectivity index (χ2n) is 6.57. The largest absolute Gasteiger partial charge is 0.488 e. The number of alkyl halides is 1. The summed E-state index contributed by atoms with van der Waals surface area (Å²) in [4.78, 5) is 0.337. The third-order valence-corrected chi connectivity index (χ3v) is 5.25. The summed E-state index contributed by atoms with van der Waals surface area (Å²) in [6, 6.07) is 7.09. The van der Waals surface area contributed by atoms with E-state index in [2.05, 4.69) is 21.0 Å². The molecule has 7 heteroatoms. The summed E-state index contributed by atoms with van der Waals surface area (Å²) < 4.78 is 7.55. The summed E-state index contributed by atoms with van der Waals surface area (Å²) in [5.74, 6) is 0.795. The van der Waals surface area contributed by atoms with Crippen LogP contribution in [0.2, 0.25) is 10.0 Å². The average Bonchev–Trinajstić information content (AvgIpc) is 2.98. The van der Waals surface area contributed by atoms with E-state index in [-0.39, 0.29) is 6.61 Å². The monoisotopic (exact) mass is 456 g/mol. The highest BCUT2D eigenvalue weighted by Crippen LogP contribution is 2.31. The Balaban J connectivity index is 1.96. The number of hydrogen-bond donors (Lipinski definition) is 1. The molecule has 0 spiro atoms. The van der Waals surface area contributed by atoms with Crippen molar-refractivity contribution in [1.29, 1.82) is 0 Å². The van der Waals surface area contributed by atoms with Crippen LogP contribution in [0.3, 0.4) is 0 Å². The number of benzene rings is 1. The number of para-hydroxylation sites is 1. The third kappa shape index (κ3) is 4.34. The van der Waals surface area contributed by atoms with Crippen molar-refractivity contribution in [2.45, 2.75) is 37.3 Å². The van der Waals surface area contributed by atoms with Gasteiger partial charge in [0.25, 0.3) is 0 Å². The molecule has 2 aromatic rings. The van der Waals surface area contributed by atoms with Crippen LogP contribution in [0.15, 0.2) is 48.3 Å². The van der Waals surface area contributed by atoms with E-state index in [1.165, 1.54) is 0 Å². The zero-order valence-electron chi connectivity index (χ0n) is 14.4. The van der Waals surface area contributed by atoms with Crippen molar-refractivity contribution in [3.05, 3.63) is 69.7 Å². The van der Waals surface area contributed by atoms with Crippen molar-refractivity contribution >= 4 is 39.1 Å². The molecule has 1 N–H and O–H groups in total. The van der Waals surface area contributed by atoms with Crippen LogP contribution < -0.4 is 0 Å². The van der Waals surface area contributed by atoms with E-state index in [1.807, 2.05) is 18.2 Å². The second kappa shape index (κ2) is 7.77. The molecule has 1 aliphatic rings. The first-order valence-electron chi connectivity index (χ1n) is 8.17. The summed E-state index contributed by atoms with van der Waals surface area (Å²) in [6.07, 6.45) is 6.87. The number of ether oxygens (including phenoxy) is 1. The van der Waals surface area contributed by atoms with Gasteiger partial charge >= 0.3 is 0 Å². The summed E-state index contributed by atoms with van der Waals surface area (Å²) in [5.41, 5.74) is 0.729. The average molecular weight is 458 g/mol. The van der Waals surface area contributed by atoms with Gasteiger partial charge in [-0.2, -0.15) is 5.10 Å². The molecule has 4 nitrogen and oxygen atoms in total. The maximum Gasteiger partial charge on any atom is 0.130 e. The first kappa shape index (κ1) is 19.5. The zero-order valence-corrected chi connectivity index (χ0v) is 17.5. The molecule has 0 bridgehead atoms. The molecule has 1 aromatic heterocycles. The number of nitrogens with zero attached hydrogens (tertiary/aromatic N) is 2. The van der Waals surface area contributed by atoms with Gasteiger partial charge in [0.1, 0.15) is 23.7 Å². The number of aliphatic hydroxyl groups is 1. The maximum atomic E-state index is 10.3. The Morgan fingerprint density at radius 3 is 2.62 bits per heavy atom. The van der Waals surface area contributed by atoms with Gasteiger partial charge in [-0.25, -0.2) is 4.68 Å². The molecule has 0 fully saturated rings. The van der Waals surface area contributed by atoms with E-state index in [1.54, 1.807) is 42.8 Å². The standard InChI is InChI=1S/C19H19BrCl2N2O2/c1-19(2,25)17-10-13(11-26-14-8-6-12(20)7-9-14)24(23-17)18-15(21)4-3-5-16(18)22/h3-6,8-10,12,25H,7,11H2,1-2H3. The smallest absolute Gasteiger partial charge is 0.130 e. The lowest BCUT2D eigenvalue weighted by molar-refractivity contribution is 0.0734. The number of allylic oxidation sites excluding steroid dienone is 3. The Morgan fingerprint density at radius 2 is 2.04 bits per heavy atom. The van der Waals surface area contributed by atoms with E-state index in [0.29, 0.717) is 26.3 Å². The molecule has 0 amide bonds. The number of rotatable bonds is 5. The van der Waals surface area contributed by atoms with E-state index in [0.717, 1.165) is 17.9 Å². The quantitative estimate of drug-likeness (QED) is 0.600. The van der Waals surface area contributed by atoms with Crippen LogP contribution in [0.4, 0.5) is 0 Å². The van der Waals surface area contributed by atoms with Gasteiger partial charge in [-0.1, -0.05) is 51.3 Å². The summed E-state index contributed by atoms with van der Waals surface area (Å²) >= 11 is 16.2. The van der Waals surface area contributed by atoms with Crippen molar-refractivity contribution in [1.82, 2.24) is 9.78 Å². The Kier molecular flexibility index (Phi) is 5.82. The highest BCUT2D eigenvalue weighted by molar-refractivity contribution is 9.09. The van der Waals surface area contributed by atoms with E-state index in [4.69, 9.17) is 27.9 Å². The summed E-state index contributed by atoms with van der Waals surface area (Å²) in [6.45, 7) is 3.63. The molecule has 0 saturated carbocycles. The maximum absolute atomic E-state index is 10.3. The minimum Gasteiger partial charge on any atom is -0.488 e. The molecular weight excluding hydrogens is 439 g/mol. The molecular formula is C19H19BrCl2N2O2. The highest BCUT2D eigenvalue weighted by atomic mass is 79.9. The van der Waals surface area contributed by atoms with Gasteiger partial charge in [-0.15, -0.1) is 0 Å². The van der Waals surface area contributed by atoms with Crippen LogP contribution in [0.1, 0.15) is 31.7 Å². The van der Waals surface area contributed by atoms with Crippen molar-refractivity contribution in [2.24, 2.45) is 0 Å². The Morgan fingerprint density at radius 1 is 1.35 bits per heavy atom. The van der Waals surface area contributed by atoms with Crippen molar-refractivity contribution in [3.8, 4) is 5.69 Å². The SMILES string of the molecule is CC(C)(O)c1cc(COC2=CCC(Br)C=C2)n(-c2c(Cl)cccc2Cl)n1. The predicted molar refractivity (Wildman–Crippen MR) is 108 cm³/mol. The first-order valence-corrected chi connectivity index (χ1v) is 9.84. The molecule has 0 saturated heterocycles. The number of hydrogen-bond acceptors (Lipinski definition) is 3. The Hall–Kier alpha value is -1.27. The zero-order chi connectivity index (χ0) is 18.9. The predicted octanol–water partition coefficient (Wildman–Crippen LogP) is 5.53. The van der Waals surface area contributed by atoms with Gasteiger partial charge < -0.3 is 9.84 Å². The van der Waals surface area contributed by atoms with Crippen LogP contribution in [0.25, 0.3) is 5.69 Å². The molecule has 1 unspecified atom stereocenters. The molecule has 0 radical (unpaired) electrons. The number of halogens is 3. The molecule has 1 aromatic carbocycles. The lowest BCUT2D eigenvalue weighted by Gasteiger charge is -2.14. The number of aromatic nitrogens is 2. The fourth-order valence-electron chi connectivity index (χ4n) is 2.55. The molecule has 1 aliphatic carbocycles. The molecule has 1 atom stereocenters. The van der Waals surface area contributed by atoms with E-state index in [9.17, 15) is 5.11 Å². The van der Waals surface area contributed by atoms with Crippen molar-refractivity contribution in [2.75, 3.05) is 0 Å². The van der Waals surface area contributed by atoms with Crippen LogP contribution in [0, 0.1) is 0 Å². The first-order chi connectivity index (χ1) is 12.3. The molecule has 26 heavy (non-hydrogen) atoms. The van der Waals surface area contributed by atoms with Crippen LogP contribution in [-0.4, -0.2) is 19.7 Å². The Labute approximate surface area is 171 Å². The molecule has 1 heterocycles. The van der Waals surface area contributed by atoms with Gasteiger partial charge in [-0.3, -0.25) is 0 Å². The van der Waals surface area contributed by atoms with Crippen LogP contribution >= 0.6 is 39.1 Å². The lowest BCUT2D eigenvalue weighted by Crippen LogP contribution is -2.16. The highest BCUT2D eigenvalue weighted by Gasteiger charge is 2.24. The van der Waals surface area contributed by atoms with Gasteiger partial charge in [0, 0.05) is 4.83 Å². The second-order valence-corrected chi connectivity index (χ2v) is 8.56. The molecule has 0 aliphatic heterocycles. The fourth-order valence-corrected chi connectivity index (χ4v) is 3.44. The van der Waals surface area contributed by atoms with Gasteiger partial charge in [0.15, 0.2) is 0 Å². The van der Waals surface area contributed by atoms with Gasteiger partial charge in [-0.05, 0) is 50.6 Å². The van der Waals surface area contributed by atoms with Crippen molar-refractivity contribution < 1.29 is 9.84 Å². The van der Waals surface area contributed by atoms with Crippen LogP contribution in [0.5, 0.6) is 0 Å². The Bertz CT molecular complexity index is 849. The molecule has 3 rings (SSSR count). The molecule has 138 valence electrons. The van der Waals surface area contributed by atoms with Crippen molar-refractivity contribution in [3.63, 3.8) is 0 Å². The summed E-state index contributed by atoms with van der Waals surface area (Å²) in [5, 5.41) is 15.8. The summed E-state index contributed by atoms with van der Waals surface area (Å²) in [7, 11) is 0. The third-order valence-electron chi connectivity index (χ3n) is 3.96.